The quantitative estimate of drug-likeness (QED) is 0.794. The maximum Gasteiger partial charge on any atom is 0.122 e. The van der Waals surface area contributed by atoms with Gasteiger partial charge in [-0.25, -0.2) is 0 Å². The Hall–Kier alpha value is -1.53. The second-order valence-corrected chi connectivity index (χ2v) is 4.21. The summed E-state index contributed by atoms with van der Waals surface area (Å²) in [7, 11) is 1.70. The van der Waals surface area contributed by atoms with E-state index in [2.05, 4.69) is 38.2 Å². The minimum Gasteiger partial charge on any atom is -0.496 e. The lowest BCUT2D eigenvalue weighted by atomic mass is 9.97. The first kappa shape index (κ1) is 13.5. The topological polar surface area (TPSA) is 45.0 Å². The third-order valence-corrected chi connectivity index (χ3v) is 3.14. The van der Waals surface area contributed by atoms with E-state index in [1.54, 1.807) is 7.11 Å². The molecule has 17 heavy (non-hydrogen) atoms. The van der Waals surface area contributed by atoms with Crippen molar-refractivity contribution in [2.75, 3.05) is 13.7 Å². The highest BCUT2D eigenvalue weighted by Crippen LogP contribution is 2.27. The molecule has 0 fully saturated rings. The molecule has 0 aliphatic heterocycles. The van der Waals surface area contributed by atoms with E-state index >= 15 is 0 Å². The predicted molar refractivity (Wildman–Crippen MR) is 69.1 cm³/mol. The maximum atomic E-state index is 8.48. The molecule has 0 amide bonds. The zero-order chi connectivity index (χ0) is 12.8. The van der Waals surface area contributed by atoms with Gasteiger partial charge in [-0.05, 0) is 49.1 Å². The van der Waals surface area contributed by atoms with Gasteiger partial charge in [0, 0.05) is 19.5 Å². The number of benzene rings is 1. The van der Waals surface area contributed by atoms with Crippen molar-refractivity contribution in [1.29, 1.82) is 5.26 Å². The van der Waals surface area contributed by atoms with Crippen molar-refractivity contribution in [3.05, 3.63) is 28.3 Å². The van der Waals surface area contributed by atoms with Gasteiger partial charge in [0.05, 0.1) is 13.2 Å². The smallest absolute Gasteiger partial charge is 0.122 e. The van der Waals surface area contributed by atoms with Crippen molar-refractivity contribution in [3.63, 3.8) is 0 Å². The number of hydrogen-bond donors (Lipinski definition) is 1. The van der Waals surface area contributed by atoms with Crippen LogP contribution < -0.4 is 10.1 Å². The minimum absolute atomic E-state index is 0.549. The van der Waals surface area contributed by atoms with Gasteiger partial charge in [-0.15, -0.1) is 0 Å². The summed E-state index contributed by atoms with van der Waals surface area (Å²) < 4.78 is 5.34. The number of nitrogens with zero attached hydrogens (tertiary/aromatic N) is 1. The predicted octanol–water partition coefficient (Wildman–Crippen LogP) is 2.62. The van der Waals surface area contributed by atoms with Crippen molar-refractivity contribution >= 4 is 0 Å². The molecular weight excluding hydrogens is 212 g/mol. The van der Waals surface area contributed by atoms with Crippen molar-refractivity contribution in [3.8, 4) is 11.8 Å². The van der Waals surface area contributed by atoms with Crippen molar-refractivity contribution in [2.24, 2.45) is 0 Å². The Labute approximate surface area is 103 Å². The Balaban J connectivity index is 2.86. The first-order valence-electron chi connectivity index (χ1n) is 5.83. The number of aryl methyl sites for hydroxylation is 1. The third-order valence-electron chi connectivity index (χ3n) is 3.14. The second kappa shape index (κ2) is 6.27. The molecule has 0 bridgehead atoms. The molecule has 0 radical (unpaired) electrons. The first-order chi connectivity index (χ1) is 8.11. The number of hydrogen-bond acceptors (Lipinski definition) is 3. The van der Waals surface area contributed by atoms with Gasteiger partial charge in [0.25, 0.3) is 0 Å². The highest BCUT2D eigenvalue weighted by molar-refractivity contribution is 5.48. The van der Waals surface area contributed by atoms with Crippen molar-refractivity contribution in [2.45, 2.75) is 33.7 Å². The van der Waals surface area contributed by atoms with Gasteiger partial charge >= 0.3 is 0 Å². The van der Waals surface area contributed by atoms with Gasteiger partial charge in [0.1, 0.15) is 5.75 Å². The lowest BCUT2D eigenvalue weighted by molar-refractivity contribution is 0.410. The monoisotopic (exact) mass is 232 g/mol. The molecule has 0 saturated heterocycles. The summed E-state index contributed by atoms with van der Waals surface area (Å²) in [5.41, 5.74) is 5.00. The third kappa shape index (κ3) is 3.21. The Kier molecular flexibility index (Phi) is 4.99. The van der Waals surface area contributed by atoms with Crippen LogP contribution in [0.1, 0.15) is 28.7 Å². The Morgan fingerprint density at radius 3 is 2.59 bits per heavy atom. The van der Waals surface area contributed by atoms with E-state index in [1.165, 1.54) is 22.3 Å². The molecule has 0 unspecified atom stereocenters. The van der Waals surface area contributed by atoms with Crippen LogP contribution in [0.4, 0.5) is 0 Å². The van der Waals surface area contributed by atoms with Crippen LogP contribution in [-0.4, -0.2) is 13.7 Å². The first-order valence-corrected chi connectivity index (χ1v) is 5.83. The SMILES string of the molecule is COc1cc(C)c(CNCCC#N)c(C)c1C. The summed E-state index contributed by atoms with van der Waals surface area (Å²) in [6.07, 6.45) is 0.549. The van der Waals surface area contributed by atoms with Crippen LogP contribution in [0.3, 0.4) is 0 Å². The molecule has 1 aromatic rings. The molecule has 0 saturated carbocycles. The fourth-order valence-corrected chi connectivity index (χ4v) is 1.94. The van der Waals surface area contributed by atoms with Crippen LogP contribution in [0.5, 0.6) is 5.75 Å². The number of nitrogens with one attached hydrogen (secondary N) is 1. The molecule has 0 aliphatic rings. The second-order valence-electron chi connectivity index (χ2n) is 4.21. The van der Waals surface area contributed by atoms with Gasteiger partial charge in [-0.2, -0.15) is 5.26 Å². The molecule has 1 N–H and O–H groups in total. The molecule has 1 aromatic carbocycles. The Morgan fingerprint density at radius 2 is 2.00 bits per heavy atom. The van der Waals surface area contributed by atoms with Gasteiger partial charge in [-0.1, -0.05) is 0 Å². The summed E-state index contributed by atoms with van der Waals surface area (Å²) in [6, 6.07) is 4.20. The summed E-state index contributed by atoms with van der Waals surface area (Å²) in [6.45, 7) is 7.83. The summed E-state index contributed by atoms with van der Waals surface area (Å²) in [5, 5.41) is 11.8. The Bertz CT molecular complexity index is 433. The van der Waals surface area contributed by atoms with E-state index in [-0.39, 0.29) is 0 Å². The van der Waals surface area contributed by atoms with Gasteiger partial charge in [0.2, 0.25) is 0 Å². The zero-order valence-corrected chi connectivity index (χ0v) is 11.1. The highest BCUT2D eigenvalue weighted by atomic mass is 16.5. The van der Waals surface area contributed by atoms with E-state index in [1.807, 2.05) is 0 Å². The lowest BCUT2D eigenvalue weighted by Crippen LogP contribution is -2.16. The van der Waals surface area contributed by atoms with E-state index in [9.17, 15) is 0 Å². The van der Waals surface area contributed by atoms with Crippen LogP contribution in [-0.2, 0) is 6.54 Å². The molecule has 0 spiro atoms. The van der Waals surface area contributed by atoms with E-state index in [0.717, 1.165) is 18.8 Å². The van der Waals surface area contributed by atoms with Crippen LogP contribution in [0.15, 0.2) is 6.07 Å². The van der Waals surface area contributed by atoms with Crippen LogP contribution in [0.25, 0.3) is 0 Å². The average molecular weight is 232 g/mol. The molecule has 0 atom stereocenters. The summed E-state index contributed by atoms with van der Waals surface area (Å²) >= 11 is 0. The van der Waals surface area contributed by atoms with Crippen LogP contribution in [0.2, 0.25) is 0 Å². The lowest BCUT2D eigenvalue weighted by Gasteiger charge is -2.16. The number of nitriles is 1. The molecule has 0 aliphatic carbocycles. The van der Waals surface area contributed by atoms with Gasteiger partial charge < -0.3 is 10.1 Å². The zero-order valence-electron chi connectivity index (χ0n) is 11.1. The standard InChI is InChI=1S/C14H20N2O/c1-10-8-14(17-4)12(3)11(2)13(10)9-16-7-5-6-15/h8,16H,5,7,9H2,1-4H3. The molecule has 3 nitrogen and oxygen atoms in total. The Morgan fingerprint density at radius 1 is 1.29 bits per heavy atom. The molecule has 0 heterocycles. The van der Waals surface area contributed by atoms with E-state index < -0.39 is 0 Å². The molecule has 1 rings (SSSR count). The fraction of sp³-hybridized carbons (Fsp3) is 0.500. The summed E-state index contributed by atoms with van der Waals surface area (Å²) in [4.78, 5) is 0. The number of rotatable bonds is 5. The highest BCUT2D eigenvalue weighted by Gasteiger charge is 2.09. The van der Waals surface area contributed by atoms with Crippen molar-refractivity contribution < 1.29 is 4.74 Å². The van der Waals surface area contributed by atoms with Gasteiger partial charge in [0.15, 0.2) is 0 Å². The van der Waals surface area contributed by atoms with Crippen LogP contribution in [0, 0.1) is 32.1 Å². The van der Waals surface area contributed by atoms with Gasteiger partial charge in [-0.3, -0.25) is 0 Å². The number of methoxy groups -OCH3 is 1. The number of ether oxygens (including phenoxy) is 1. The minimum atomic E-state index is 0.549. The molecular formula is C14H20N2O. The van der Waals surface area contributed by atoms with Crippen LogP contribution >= 0.6 is 0 Å². The fourth-order valence-electron chi connectivity index (χ4n) is 1.94. The molecule has 0 aromatic heterocycles. The van der Waals surface area contributed by atoms with E-state index in [4.69, 9.17) is 10.00 Å². The van der Waals surface area contributed by atoms with Crippen molar-refractivity contribution in [1.82, 2.24) is 5.32 Å². The maximum absolute atomic E-state index is 8.48. The molecule has 3 heteroatoms. The molecule has 92 valence electrons. The summed E-state index contributed by atoms with van der Waals surface area (Å²) in [5.74, 6) is 0.945. The normalized spacial score (nSPS) is 10.1. The van der Waals surface area contributed by atoms with E-state index in [0.29, 0.717) is 6.42 Å². The largest absolute Gasteiger partial charge is 0.496 e. The average Bonchev–Trinajstić information content (AvgIpc) is 2.32.